The van der Waals surface area contributed by atoms with Crippen molar-refractivity contribution in [3.8, 4) is 0 Å². The quantitative estimate of drug-likeness (QED) is 0.801. The highest BCUT2D eigenvalue weighted by atomic mass is 19.2. The van der Waals surface area contributed by atoms with Gasteiger partial charge in [0.15, 0.2) is 11.6 Å². The van der Waals surface area contributed by atoms with E-state index < -0.39 is 23.5 Å². The van der Waals surface area contributed by atoms with Gasteiger partial charge in [-0.25, -0.2) is 8.78 Å². The van der Waals surface area contributed by atoms with Gasteiger partial charge in [0.2, 0.25) is 0 Å². The SMILES string of the molecule is CC(CN(CCCN(C)C)c1ccc(F)c(F)c1)C(=O)O. The first kappa shape index (κ1) is 17.4. The molecule has 0 saturated carbocycles. The predicted octanol–water partition coefficient (Wildman–Crippen LogP) is 2.44. The van der Waals surface area contributed by atoms with Gasteiger partial charge in [0, 0.05) is 24.8 Å². The summed E-state index contributed by atoms with van der Waals surface area (Å²) in [5.74, 6) is -3.32. The number of rotatable bonds is 8. The summed E-state index contributed by atoms with van der Waals surface area (Å²) < 4.78 is 26.4. The van der Waals surface area contributed by atoms with Gasteiger partial charge in [-0.05, 0) is 39.2 Å². The lowest BCUT2D eigenvalue weighted by molar-refractivity contribution is -0.140. The molecular formula is C15H22F2N2O2. The van der Waals surface area contributed by atoms with Crippen LogP contribution in [-0.4, -0.2) is 49.7 Å². The Morgan fingerprint density at radius 2 is 1.90 bits per heavy atom. The van der Waals surface area contributed by atoms with E-state index in [0.29, 0.717) is 12.2 Å². The summed E-state index contributed by atoms with van der Waals surface area (Å²) in [6.45, 7) is 3.28. The van der Waals surface area contributed by atoms with Gasteiger partial charge in [-0.1, -0.05) is 6.92 Å². The van der Waals surface area contributed by atoms with Gasteiger partial charge in [0.05, 0.1) is 5.92 Å². The molecule has 0 aliphatic rings. The van der Waals surface area contributed by atoms with Crippen LogP contribution in [0.3, 0.4) is 0 Å². The Bertz CT molecular complexity index is 481. The normalized spacial score (nSPS) is 12.5. The lowest BCUT2D eigenvalue weighted by atomic mass is 10.1. The van der Waals surface area contributed by atoms with Crippen molar-refractivity contribution in [2.45, 2.75) is 13.3 Å². The largest absolute Gasteiger partial charge is 0.481 e. The second-order valence-electron chi connectivity index (χ2n) is 5.44. The number of carbonyl (C=O) groups is 1. The average molecular weight is 300 g/mol. The number of carboxylic acids is 1. The number of carboxylic acid groups (broad SMARTS) is 1. The Kier molecular flexibility index (Phi) is 6.55. The Hall–Kier alpha value is -1.69. The number of nitrogens with zero attached hydrogens (tertiary/aromatic N) is 2. The second-order valence-corrected chi connectivity index (χ2v) is 5.44. The average Bonchev–Trinajstić information content (AvgIpc) is 2.40. The van der Waals surface area contributed by atoms with Crippen LogP contribution in [0.15, 0.2) is 18.2 Å². The topological polar surface area (TPSA) is 43.8 Å². The molecule has 0 aliphatic carbocycles. The summed E-state index contributed by atoms with van der Waals surface area (Å²) in [5.41, 5.74) is 0.501. The lowest BCUT2D eigenvalue weighted by Gasteiger charge is -2.27. The first-order chi connectivity index (χ1) is 9.81. The molecule has 0 aromatic heterocycles. The van der Waals surface area contributed by atoms with Crippen LogP contribution < -0.4 is 4.90 Å². The first-order valence-electron chi connectivity index (χ1n) is 6.88. The van der Waals surface area contributed by atoms with E-state index in [4.69, 9.17) is 5.11 Å². The molecule has 0 heterocycles. The summed E-state index contributed by atoms with van der Waals surface area (Å²) >= 11 is 0. The van der Waals surface area contributed by atoms with E-state index in [1.54, 1.807) is 11.8 Å². The predicted molar refractivity (Wildman–Crippen MR) is 78.5 cm³/mol. The number of benzene rings is 1. The molecule has 1 aromatic carbocycles. The van der Waals surface area contributed by atoms with Crippen LogP contribution in [0.4, 0.5) is 14.5 Å². The van der Waals surface area contributed by atoms with Gasteiger partial charge in [0.1, 0.15) is 0 Å². The zero-order valence-electron chi connectivity index (χ0n) is 12.6. The molecular weight excluding hydrogens is 278 g/mol. The van der Waals surface area contributed by atoms with Crippen LogP contribution in [0.2, 0.25) is 0 Å². The smallest absolute Gasteiger partial charge is 0.308 e. The number of hydrogen-bond acceptors (Lipinski definition) is 3. The highest BCUT2D eigenvalue weighted by molar-refractivity contribution is 5.70. The van der Waals surface area contributed by atoms with Gasteiger partial charge in [0.25, 0.3) is 0 Å². The molecule has 21 heavy (non-hydrogen) atoms. The fourth-order valence-corrected chi connectivity index (χ4v) is 1.99. The third-order valence-corrected chi connectivity index (χ3v) is 3.22. The summed E-state index contributed by atoms with van der Waals surface area (Å²) in [7, 11) is 3.89. The van der Waals surface area contributed by atoms with Crippen molar-refractivity contribution in [1.82, 2.24) is 4.90 Å². The van der Waals surface area contributed by atoms with Gasteiger partial charge in [-0.3, -0.25) is 4.79 Å². The van der Waals surface area contributed by atoms with Crippen molar-refractivity contribution in [3.05, 3.63) is 29.8 Å². The van der Waals surface area contributed by atoms with Crippen molar-refractivity contribution in [2.75, 3.05) is 38.6 Å². The van der Waals surface area contributed by atoms with Gasteiger partial charge >= 0.3 is 5.97 Å². The summed E-state index contributed by atoms with van der Waals surface area (Å²) in [6, 6.07) is 3.65. The van der Waals surface area contributed by atoms with Crippen molar-refractivity contribution in [1.29, 1.82) is 0 Å². The third kappa shape index (κ3) is 5.67. The number of halogens is 2. The standard InChI is InChI=1S/C15H22F2N2O2/c1-11(15(20)21)10-19(8-4-7-18(2)3)12-5-6-13(16)14(17)9-12/h5-6,9,11H,4,7-8,10H2,1-3H3,(H,20,21). The molecule has 0 bridgehead atoms. The molecule has 1 atom stereocenters. The highest BCUT2D eigenvalue weighted by Gasteiger charge is 2.17. The molecule has 1 rings (SSSR count). The first-order valence-corrected chi connectivity index (χ1v) is 6.88. The Morgan fingerprint density at radius 1 is 1.24 bits per heavy atom. The maximum absolute atomic E-state index is 13.4. The zero-order chi connectivity index (χ0) is 16.0. The van der Waals surface area contributed by atoms with Gasteiger partial charge < -0.3 is 14.9 Å². The third-order valence-electron chi connectivity index (χ3n) is 3.22. The molecule has 6 heteroatoms. The van der Waals surface area contributed by atoms with Crippen molar-refractivity contribution in [3.63, 3.8) is 0 Å². The molecule has 0 spiro atoms. The minimum Gasteiger partial charge on any atom is -0.481 e. The van der Waals surface area contributed by atoms with Crippen molar-refractivity contribution >= 4 is 11.7 Å². The maximum atomic E-state index is 13.4. The fraction of sp³-hybridized carbons (Fsp3) is 0.533. The molecule has 1 N–H and O–H groups in total. The molecule has 0 radical (unpaired) electrons. The second kappa shape index (κ2) is 7.93. The Labute approximate surface area is 124 Å². The molecule has 0 aliphatic heterocycles. The van der Waals surface area contributed by atoms with Crippen LogP contribution in [0.5, 0.6) is 0 Å². The van der Waals surface area contributed by atoms with Crippen LogP contribution in [0.25, 0.3) is 0 Å². The Balaban J connectivity index is 2.83. The molecule has 0 fully saturated rings. The van der Waals surface area contributed by atoms with E-state index >= 15 is 0 Å². The zero-order valence-corrected chi connectivity index (χ0v) is 12.6. The van der Waals surface area contributed by atoms with E-state index in [0.717, 1.165) is 25.1 Å². The van der Waals surface area contributed by atoms with E-state index in [-0.39, 0.29) is 6.54 Å². The van der Waals surface area contributed by atoms with E-state index in [2.05, 4.69) is 0 Å². The number of hydrogen-bond donors (Lipinski definition) is 1. The monoisotopic (exact) mass is 300 g/mol. The number of anilines is 1. The van der Waals surface area contributed by atoms with Crippen LogP contribution in [0, 0.1) is 17.6 Å². The molecule has 0 amide bonds. The maximum Gasteiger partial charge on any atom is 0.308 e. The lowest BCUT2D eigenvalue weighted by Crippen LogP contribution is -2.34. The molecule has 1 aromatic rings. The molecule has 4 nitrogen and oxygen atoms in total. The minimum atomic E-state index is -0.923. The van der Waals surface area contributed by atoms with E-state index in [1.165, 1.54) is 6.07 Å². The van der Waals surface area contributed by atoms with Crippen LogP contribution in [0.1, 0.15) is 13.3 Å². The van der Waals surface area contributed by atoms with E-state index in [1.807, 2.05) is 19.0 Å². The molecule has 118 valence electrons. The minimum absolute atomic E-state index is 0.258. The van der Waals surface area contributed by atoms with Gasteiger partial charge in [-0.2, -0.15) is 0 Å². The van der Waals surface area contributed by atoms with Crippen LogP contribution in [-0.2, 0) is 4.79 Å². The van der Waals surface area contributed by atoms with E-state index in [9.17, 15) is 13.6 Å². The number of aliphatic carboxylic acids is 1. The molecule has 1 unspecified atom stereocenters. The molecule has 0 saturated heterocycles. The van der Waals surface area contributed by atoms with Crippen LogP contribution >= 0.6 is 0 Å². The fourth-order valence-electron chi connectivity index (χ4n) is 1.99. The summed E-state index contributed by atoms with van der Waals surface area (Å²) in [5, 5.41) is 9.02. The summed E-state index contributed by atoms with van der Waals surface area (Å²) in [6.07, 6.45) is 0.804. The van der Waals surface area contributed by atoms with Gasteiger partial charge in [-0.15, -0.1) is 0 Å². The van der Waals surface area contributed by atoms with Crippen molar-refractivity contribution < 1.29 is 18.7 Å². The van der Waals surface area contributed by atoms with Crippen molar-refractivity contribution in [2.24, 2.45) is 5.92 Å². The summed E-state index contributed by atoms with van der Waals surface area (Å²) in [4.78, 5) is 14.8. The Morgan fingerprint density at radius 3 is 2.43 bits per heavy atom. The highest BCUT2D eigenvalue weighted by Crippen LogP contribution is 2.19.